The van der Waals surface area contributed by atoms with E-state index in [9.17, 15) is 9.70 Å². The monoisotopic (exact) mass is 207 g/mol. The van der Waals surface area contributed by atoms with Gasteiger partial charge in [0.1, 0.15) is 11.4 Å². The fraction of sp³-hybridized carbons (Fsp3) is 0.545. The molecule has 1 aliphatic rings. The number of rotatable bonds is 1. The van der Waals surface area contributed by atoms with E-state index in [1.54, 1.807) is 0 Å². The Morgan fingerprint density at radius 1 is 1.13 bits per heavy atom. The van der Waals surface area contributed by atoms with Crippen LogP contribution in [0.5, 0.6) is 0 Å². The van der Waals surface area contributed by atoms with Gasteiger partial charge in [0.15, 0.2) is 0 Å². The Hall–Kier alpha value is -1.45. The molecule has 0 aromatic carbocycles. The summed E-state index contributed by atoms with van der Waals surface area (Å²) in [7, 11) is 0. The summed E-state index contributed by atoms with van der Waals surface area (Å²) < 4.78 is 5.12. The Balaban J connectivity index is 2.49. The molecule has 0 spiro atoms. The molecule has 0 aliphatic heterocycles. The van der Waals surface area contributed by atoms with Crippen LogP contribution in [-0.2, 0) is 12.8 Å². The van der Waals surface area contributed by atoms with Gasteiger partial charge in [-0.15, -0.1) is 4.91 Å². The predicted molar refractivity (Wildman–Crippen MR) is 56.3 cm³/mol. The van der Waals surface area contributed by atoms with Crippen molar-refractivity contribution >= 4 is 5.69 Å². The third kappa shape index (κ3) is 2.14. The lowest BCUT2D eigenvalue weighted by atomic mass is 9.97. The molecule has 0 saturated heterocycles. The molecular formula is C11H13NO3. The van der Waals surface area contributed by atoms with Gasteiger partial charge >= 0.3 is 5.63 Å². The van der Waals surface area contributed by atoms with E-state index in [2.05, 4.69) is 5.18 Å². The molecule has 0 radical (unpaired) electrons. The normalized spacial score (nSPS) is 16.3. The van der Waals surface area contributed by atoms with Crippen molar-refractivity contribution in [1.29, 1.82) is 0 Å². The van der Waals surface area contributed by atoms with Crippen LogP contribution in [0.1, 0.15) is 37.0 Å². The summed E-state index contributed by atoms with van der Waals surface area (Å²) in [6.07, 6.45) is 5.90. The average Bonchev–Trinajstić information content (AvgIpc) is 2.19. The Bertz CT molecular complexity index is 422. The zero-order valence-electron chi connectivity index (χ0n) is 8.49. The largest absolute Gasteiger partial charge is 0.427 e. The van der Waals surface area contributed by atoms with Crippen molar-refractivity contribution < 1.29 is 4.42 Å². The maximum atomic E-state index is 11.2. The second-order valence-corrected chi connectivity index (χ2v) is 3.86. The molecule has 0 bridgehead atoms. The van der Waals surface area contributed by atoms with Crippen LogP contribution in [0, 0.1) is 4.91 Å². The van der Waals surface area contributed by atoms with Gasteiger partial charge in [-0.3, -0.25) is 0 Å². The molecular weight excluding hydrogens is 194 g/mol. The number of hydrogen-bond donors (Lipinski definition) is 0. The molecule has 1 aromatic heterocycles. The molecule has 1 heterocycles. The summed E-state index contributed by atoms with van der Waals surface area (Å²) in [6.45, 7) is 0. The first-order valence-corrected chi connectivity index (χ1v) is 5.30. The smallest absolute Gasteiger partial charge is 0.338 e. The molecule has 0 amide bonds. The minimum absolute atomic E-state index is 0.267. The standard InChI is InChI=1S/C11H13NO3/c13-11-7-9(12-14)8-5-3-1-2-4-6-10(8)15-11/h7H,1-6H2. The molecule has 15 heavy (non-hydrogen) atoms. The number of hydrogen-bond acceptors (Lipinski definition) is 4. The van der Waals surface area contributed by atoms with E-state index >= 15 is 0 Å². The lowest BCUT2D eigenvalue weighted by Gasteiger charge is -2.12. The molecule has 80 valence electrons. The van der Waals surface area contributed by atoms with E-state index in [4.69, 9.17) is 4.42 Å². The molecule has 0 fully saturated rings. The highest BCUT2D eigenvalue weighted by molar-refractivity contribution is 5.46. The van der Waals surface area contributed by atoms with Gasteiger partial charge in [-0.2, -0.15) is 0 Å². The van der Waals surface area contributed by atoms with Gasteiger partial charge in [-0.1, -0.05) is 12.8 Å². The minimum atomic E-state index is -0.469. The lowest BCUT2D eigenvalue weighted by Crippen LogP contribution is -2.06. The van der Waals surface area contributed by atoms with Crippen LogP contribution < -0.4 is 5.63 Å². The van der Waals surface area contributed by atoms with Gasteiger partial charge in [0, 0.05) is 12.0 Å². The van der Waals surface area contributed by atoms with Gasteiger partial charge in [-0.05, 0) is 24.4 Å². The molecule has 0 saturated carbocycles. The molecule has 4 heteroatoms. The molecule has 2 rings (SSSR count). The van der Waals surface area contributed by atoms with E-state index in [1.807, 2.05) is 0 Å². The second kappa shape index (κ2) is 4.38. The van der Waals surface area contributed by atoms with Crippen LogP contribution in [0.15, 0.2) is 20.5 Å². The van der Waals surface area contributed by atoms with Crippen LogP contribution in [0.2, 0.25) is 0 Å². The highest BCUT2D eigenvalue weighted by Crippen LogP contribution is 2.26. The molecule has 1 aliphatic carbocycles. The zero-order chi connectivity index (χ0) is 10.7. The van der Waals surface area contributed by atoms with E-state index in [0.717, 1.165) is 44.1 Å². The average molecular weight is 207 g/mol. The van der Waals surface area contributed by atoms with Crippen molar-refractivity contribution in [3.8, 4) is 0 Å². The van der Waals surface area contributed by atoms with Gasteiger partial charge in [0.05, 0.1) is 6.07 Å². The topological polar surface area (TPSA) is 59.6 Å². The van der Waals surface area contributed by atoms with Crippen molar-refractivity contribution in [2.45, 2.75) is 38.5 Å². The lowest BCUT2D eigenvalue weighted by molar-refractivity contribution is 0.432. The highest BCUT2D eigenvalue weighted by Gasteiger charge is 2.15. The highest BCUT2D eigenvalue weighted by atomic mass is 16.4. The third-order valence-electron chi connectivity index (χ3n) is 2.80. The van der Waals surface area contributed by atoms with Crippen molar-refractivity contribution in [2.75, 3.05) is 0 Å². The second-order valence-electron chi connectivity index (χ2n) is 3.86. The van der Waals surface area contributed by atoms with E-state index in [1.165, 1.54) is 6.07 Å². The van der Waals surface area contributed by atoms with E-state index in [-0.39, 0.29) is 5.69 Å². The van der Waals surface area contributed by atoms with Gasteiger partial charge in [-0.25, -0.2) is 4.79 Å². The Morgan fingerprint density at radius 2 is 1.87 bits per heavy atom. The van der Waals surface area contributed by atoms with Crippen LogP contribution in [-0.4, -0.2) is 0 Å². The summed E-state index contributed by atoms with van der Waals surface area (Å²) in [5, 5.41) is 2.91. The predicted octanol–water partition coefficient (Wildman–Crippen LogP) is 2.70. The summed E-state index contributed by atoms with van der Waals surface area (Å²) in [4.78, 5) is 21.8. The maximum Gasteiger partial charge on any atom is 0.338 e. The summed E-state index contributed by atoms with van der Waals surface area (Å²) in [5.41, 5.74) is 0.636. The quantitative estimate of drug-likeness (QED) is 0.665. The maximum absolute atomic E-state index is 11.2. The number of nitroso groups, excluding NO2 is 1. The first-order chi connectivity index (χ1) is 7.31. The summed E-state index contributed by atoms with van der Waals surface area (Å²) in [5.74, 6) is 0.664. The molecule has 0 atom stereocenters. The van der Waals surface area contributed by atoms with Crippen molar-refractivity contribution in [2.24, 2.45) is 5.18 Å². The minimum Gasteiger partial charge on any atom is -0.427 e. The van der Waals surface area contributed by atoms with E-state index < -0.39 is 5.63 Å². The molecule has 4 nitrogen and oxygen atoms in total. The number of fused-ring (bicyclic) bond motifs is 1. The van der Waals surface area contributed by atoms with Crippen molar-refractivity contribution in [1.82, 2.24) is 0 Å². The van der Waals surface area contributed by atoms with Crippen LogP contribution in [0.25, 0.3) is 0 Å². The molecule has 0 N–H and O–H groups in total. The SMILES string of the molecule is O=Nc1cc(=O)oc2c1CCCCCC2. The molecule has 0 unspecified atom stereocenters. The van der Waals surface area contributed by atoms with Gasteiger partial charge in [0.2, 0.25) is 0 Å². The van der Waals surface area contributed by atoms with Crippen LogP contribution in [0.3, 0.4) is 0 Å². The summed E-state index contributed by atoms with van der Waals surface area (Å²) >= 11 is 0. The van der Waals surface area contributed by atoms with Gasteiger partial charge in [0.25, 0.3) is 0 Å². The fourth-order valence-electron chi connectivity index (χ4n) is 2.05. The first-order valence-electron chi connectivity index (χ1n) is 5.30. The van der Waals surface area contributed by atoms with Crippen molar-refractivity contribution in [3.63, 3.8) is 0 Å². The Labute approximate surface area is 87.3 Å². The van der Waals surface area contributed by atoms with Crippen molar-refractivity contribution in [3.05, 3.63) is 32.7 Å². The van der Waals surface area contributed by atoms with Gasteiger partial charge < -0.3 is 4.42 Å². The number of aryl methyl sites for hydroxylation is 1. The zero-order valence-corrected chi connectivity index (χ0v) is 8.49. The fourth-order valence-corrected chi connectivity index (χ4v) is 2.05. The Kier molecular flexibility index (Phi) is 2.94. The third-order valence-corrected chi connectivity index (χ3v) is 2.80. The van der Waals surface area contributed by atoms with Crippen LogP contribution >= 0.6 is 0 Å². The summed E-state index contributed by atoms with van der Waals surface area (Å²) in [6, 6.07) is 1.19. The number of nitrogens with zero attached hydrogens (tertiary/aromatic N) is 1. The first kappa shape index (κ1) is 10.1. The van der Waals surface area contributed by atoms with Crippen LogP contribution in [0.4, 0.5) is 5.69 Å². The Morgan fingerprint density at radius 3 is 2.60 bits per heavy atom. The molecule has 1 aromatic rings. The van der Waals surface area contributed by atoms with E-state index in [0.29, 0.717) is 5.76 Å².